The van der Waals surface area contributed by atoms with E-state index in [0.29, 0.717) is 0 Å². The van der Waals surface area contributed by atoms with Gasteiger partial charge in [0.2, 0.25) is 5.60 Å². The lowest BCUT2D eigenvalue weighted by molar-refractivity contribution is -0.263. The van der Waals surface area contributed by atoms with Crippen LogP contribution in [0.1, 0.15) is 32.6 Å². The van der Waals surface area contributed by atoms with Crippen molar-refractivity contribution >= 4 is 28.5 Å². The average molecular weight is 817 g/mol. The van der Waals surface area contributed by atoms with E-state index in [4.69, 9.17) is 34.5 Å². The van der Waals surface area contributed by atoms with Gasteiger partial charge in [-0.2, -0.15) is 0 Å². The van der Waals surface area contributed by atoms with Crippen molar-refractivity contribution in [1.29, 1.82) is 0 Å². The first-order valence-corrected chi connectivity index (χ1v) is 22.9. The molecular formula is C47H48O9SSi. The fraction of sp³-hybridized carbons (Fsp3) is 0.319. The van der Waals surface area contributed by atoms with Crippen LogP contribution in [0.4, 0.5) is 0 Å². The highest BCUT2D eigenvalue weighted by Gasteiger charge is 2.50. The molecule has 0 bridgehead atoms. The van der Waals surface area contributed by atoms with Crippen molar-refractivity contribution in [2.24, 2.45) is 0 Å². The van der Waals surface area contributed by atoms with Gasteiger partial charge in [-0.25, -0.2) is 8.42 Å². The van der Waals surface area contributed by atoms with E-state index in [1.165, 1.54) is 12.1 Å². The standard InChI is InChI=1S/C47H48O9SSi/c1-5-47(31-29-42-43(56-47)33-51-44(55-42)35-18-10-6-11-19-35)30-28-37(34-57(49,50)38-20-12-7-13-21-38)54-45-41(48)27-26-36(53-45)32-52-58(46(2,3)4,39-22-14-8-15-23-39)40-24-16-9-17-25-40/h1,6-27,29,31,36-37,41-45,48H,32-34H2,2-4H3/t36-,37+,41+,42-,43+,44+,45-,47?/m0/s1. The predicted molar refractivity (Wildman–Crippen MR) is 224 cm³/mol. The molecule has 1 fully saturated rings. The largest absolute Gasteiger partial charge is 0.404 e. The summed E-state index contributed by atoms with van der Waals surface area (Å²) in [7, 11) is -6.86. The Morgan fingerprint density at radius 1 is 0.862 bits per heavy atom. The summed E-state index contributed by atoms with van der Waals surface area (Å²) < 4.78 is 65.7. The van der Waals surface area contributed by atoms with Gasteiger partial charge in [0.05, 0.1) is 23.9 Å². The number of hydrogen-bond acceptors (Lipinski definition) is 9. The quantitative estimate of drug-likeness (QED) is 0.119. The number of ether oxygens (including phenoxy) is 5. The number of hydrogen-bond donors (Lipinski definition) is 1. The van der Waals surface area contributed by atoms with Gasteiger partial charge < -0.3 is 33.2 Å². The zero-order valence-corrected chi connectivity index (χ0v) is 34.5. The van der Waals surface area contributed by atoms with Crippen LogP contribution < -0.4 is 10.4 Å². The monoisotopic (exact) mass is 816 g/mol. The Morgan fingerprint density at radius 3 is 2.07 bits per heavy atom. The highest BCUT2D eigenvalue weighted by molar-refractivity contribution is 7.91. The normalized spacial score (nSPS) is 26.4. The van der Waals surface area contributed by atoms with Crippen molar-refractivity contribution in [3.63, 3.8) is 0 Å². The van der Waals surface area contributed by atoms with E-state index >= 15 is 0 Å². The second-order valence-electron chi connectivity index (χ2n) is 15.5. The number of aliphatic hydroxyl groups excluding tert-OH is 1. The second-order valence-corrected chi connectivity index (χ2v) is 21.8. The summed E-state index contributed by atoms with van der Waals surface area (Å²) in [6.07, 6.45) is 6.73. The Labute approximate surface area is 342 Å². The van der Waals surface area contributed by atoms with Crippen molar-refractivity contribution in [3.8, 4) is 24.2 Å². The molecule has 8 atom stereocenters. The minimum atomic E-state index is -3.93. The van der Waals surface area contributed by atoms with Gasteiger partial charge in [0.15, 0.2) is 22.4 Å². The van der Waals surface area contributed by atoms with E-state index in [0.717, 1.165) is 15.9 Å². The van der Waals surface area contributed by atoms with Gasteiger partial charge in [-0.15, -0.1) is 6.42 Å². The molecule has 3 aliphatic rings. The molecule has 1 N–H and O–H groups in total. The van der Waals surface area contributed by atoms with Crippen molar-refractivity contribution in [2.45, 2.75) is 79.4 Å². The van der Waals surface area contributed by atoms with Crippen molar-refractivity contribution < 1.29 is 41.6 Å². The molecule has 300 valence electrons. The number of fused-ring (bicyclic) bond motifs is 1. The SMILES string of the molecule is C#CC1(C#C[C@H](CS(=O)(=O)c2ccccc2)O[C@@H]2O[C@H](CO[Si](c3ccccc3)(c3ccccc3)C(C)(C)C)C=C[C@H]2O)C=C[C@@H]2O[C@H](c3ccccc3)OC[C@H]2O1. The molecule has 4 aromatic rings. The molecule has 4 aromatic carbocycles. The number of terminal acetylenes is 1. The summed E-state index contributed by atoms with van der Waals surface area (Å²) in [5.41, 5.74) is -0.662. The van der Waals surface area contributed by atoms with Crippen molar-refractivity contribution in [3.05, 3.63) is 151 Å². The Balaban J connectivity index is 1.13. The van der Waals surface area contributed by atoms with E-state index in [9.17, 15) is 13.5 Å². The van der Waals surface area contributed by atoms with Crippen LogP contribution in [0.15, 0.2) is 151 Å². The first-order valence-electron chi connectivity index (χ1n) is 19.3. The maximum absolute atomic E-state index is 13.7. The smallest absolute Gasteiger partial charge is 0.261 e. The molecule has 0 spiro atoms. The third-order valence-corrected chi connectivity index (χ3v) is 17.1. The minimum Gasteiger partial charge on any atom is -0.404 e. The summed E-state index contributed by atoms with van der Waals surface area (Å²) in [6.45, 7) is 6.90. The van der Waals surface area contributed by atoms with Gasteiger partial charge in [0.1, 0.15) is 30.5 Å². The van der Waals surface area contributed by atoms with Gasteiger partial charge in [-0.05, 0) is 39.5 Å². The summed E-state index contributed by atoms with van der Waals surface area (Å²) >= 11 is 0. The fourth-order valence-electron chi connectivity index (χ4n) is 7.49. The maximum Gasteiger partial charge on any atom is 0.261 e. The van der Waals surface area contributed by atoms with Gasteiger partial charge >= 0.3 is 0 Å². The molecule has 3 aliphatic heterocycles. The first-order chi connectivity index (χ1) is 27.9. The van der Waals surface area contributed by atoms with Gasteiger partial charge in [0.25, 0.3) is 8.32 Å². The molecule has 3 heterocycles. The molecule has 7 rings (SSSR count). The third-order valence-electron chi connectivity index (χ3n) is 10.4. The van der Waals surface area contributed by atoms with Gasteiger partial charge in [-0.3, -0.25) is 0 Å². The lowest BCUT2D eigenvalue weighted by atomic mass is 9.97. The molecule has 11 heteroatoms. The molecule has 0 amide bonds. The fourth-order valence-corrected chi connectivity index (χ4v) is 13.4. The Morgan fingerprint density at radius 2 is 1.47 bits per heavy atom. The molecular weight excluding hydrogens is 769 g/mol. The van der Waals surface area contributed by atoms with E-state index in [1.54, 1.807) is 42.5 Å². The molecule has 0 aromatic heterocycles. The summed E-state index contributed by atoms with van der Waals surface area (Å²) in [6, 6.07) is 38.1. The van der Waals surface area contributed by atoms with Crippen LogP contribution in [-0.2, 0) is 37.9 Å². The molecule has 0 saturated carbocycles. The second kappa shape index (κ2) is 17.7. The summed E-state index contributed by atoms with van der Waals surface area (Å²) in [5, 5.41) is 13.1. The van der Waals surface area contributed by atoms with Crippen LogP contribution in [0, 0.1) is 24.2 Å². The van der Waals surface area contributed by atoms with E-state index in [2.05, 4.69) is 62.8 Å². The molecule has 58 heavy (non-hydrogen) atoms. The molecule has 0 radical (unpaired) electrons. The Hall–Kier alpha value is -4.63. The average Bonchev–Trinajstić information content (AvgIpc) is 3.24. The van der Waals surface area contributed by atoms with Crippen LogP contribution in [0.2, 0.25) is 5.04 Å². The van der Waals surface area contributed by atoms with Crippen LogP contribution in [0.3, 0.4) is 0 Å². The molecule has 9 nitrogen and oxygen atoms in total. The number of aliphatic hydroxyl groups is 1. The number of sulfone groups is 1. The van der Waals surface area contributed by atoms with E-state index in [1.807, 2.05) is 66.7 Å². The maximum atomic E-state index is 13.7. The first kappa shape index (κ1) is 41.5. The zero-order chi connectivity index (χ0) is 40.8. The van der Waals surface area contributed by atoms with E-state index in [-0.39, 0.29) is 23.1 Å². The van der Waals surface area contributed by atoms with Gasteiger partial charge in [0, 0.05) is 5.56 Å². The molecule has 1 unspecified atom stereocenters. The summed E-state index contributed by atoms with van der Waals surface area (Å²) in [4.78, 5) is 0.0970. The molecule has 1 saturated heterocycles. The highest BCUT2D eigenvalue weighted by atomic mass is 32.2. The summed E-state index contributed by atoms with van der Waals surface area (Å²) in [5.74, 6) is 8.00. The Bertz CT molecular complexity index is 2220. The molecule has 0 aliphatic carbocycles. The van der Waals surface area contributed by atoms with Crippen molar-refractivity contribution in [1.82, 2.24) is 0 Å². The van der Waals surface area contributed by atoms with Crippen molar-refractivity contribution in [2.75, 3.05) is 19.0 Å². The van der Waals surface area contributed by atoms with Crippen LogP contribution >= 0.6 is 0 Å². The highest BCUT2D eigenvalue weighted by Crippen LogP contribution is 2.37. The van der Waals surface area contributed by atoms with Crippen LogP contribution in [0.5, 0.6) is 0 Å². The Kier molecular flexibility index (Phi) is 12.7. The minimum absolute atomic E-state index is 0.0970. The van der Waals surface area contributed by atoms with Gasteiger partial charge in [-0.1, -0.05) is 160 Å². The predicted octanol–water partition coefficient (Wildman–Crippen LogP) is 5.51. The van der Waals surface area contributed by atoms with Crippen LogP contribution in [-0.4, -0.2) is 83.2 Å². The van der Waals surface area contributed by atoms with Crippen LogP contribution in [0.25, 0.3) is 0 Å². The lowest BCUT2D eigenvalue weighted by Crippen LogP contribution is -2.67. The van der Waals surface area contributed by atoms with E-state index < -0.39 is 72.6 Å². The zero-order valence-electron chi connectivity index (χ0n) is 32.7. The number of rotatable bonds is 11. The number of benzene rings is 4. The topological polar surface area (TPSA) is 110 Å². The third kappa shape index (κ3) is 9.15. The lowest BCUT2D eigenvalue weighted by Gasteiger charge is -2.44.